The first-order valence-electron chi connectivity index (χ1n) is 8.03. The molecule has 0 aliphatic heterocycles. The van der Waals surface area contributed by atoms with E-state index in [0.29, 0.717) is 12.0 Å². The molecule has 0 saturated heterocycles. The zero-order chi connectivity index (χ0) is 15.4. The molecule has 22 heavy (non-hydrogen) atoms. The maximum atomic E-state index is 5.42. The van der Waals surface area contributed by atoms with Crippen LogP contribution in [0.5, 0.6) is 5.75 Å². The Morgan fingerprint density at radius 1 is 1.32 bits per heavy atom. The van der Waals surface area contributed by atoms with Gasteiger partial charge in [-0.25, -0.2) is 0 Å². The third-order valence-electron chi connectivity index (χ3n) is 4.55. The fourth-order valence-corrected chi connectivity index (χ4v) is 3.41. The number of aromatic nitrogens is 1. The molecule has 0 amide bonds. The highest BCUT2D eigenvalue weighted by atomic mass is 16.5. The van der Waals surface area contributed by atoms with Crippen molar-refractivity contribution < 1.29 is 9.26 Å². The second kappa shape index (κ2) is 6.97. The Morgan fingerprint density at radius 3 is 2.95 bits per heavy atom. The summed E-state index contributed by atoms with van der Waals surface area (Å²) in [5.41, 5.74) is 2.18. The number of aryl methyl sites for hydroxylation is 1. The lowest BCUT2D eigenvalue weighted by Gasteiger charge is -2.20. The number of nitrogens with zero attached hydrogens (tertiary/aromatic N) is 1. The molecule has 2 atom stereocenters. The smallest absolute Gasteiger partial charge is 0.137 e. The highest BCUT2D eigenvalue weighted by Gasteiger charge is 2.28. The summed E-state index contributed by atoms with van der Waals surface area (Å²) in [6, 6.07) is 10.8. The minimum Gasteiger partial charge on any atom is -0.496 e. The molecule has 0 spiro atoms. The number of ether oxygens (including phenoxy) is 1. The van der Waals surface area contributed by atoms with Gasteiger partial charge in [0.05, 0.1) is 12.8 Å². The Balaban J connectivity index is 1.59. The monoisotopic (exact) mass is 300 g/mol. The largest absolute Gasteiger partial charge is 0.496 e. The molecule has 0 unspecified atom stereocenters. The molecule has 1 heterocycles. The second-order valence-corrected chi connectivity index (χ2v) is 6.13. The van der Waals surface area contributed by atoms with Crippen LogP contribution in [0.3, 0.4) is 0 Å². The molecule has 3 rings (SSSR count). The molecule has 1 N–H and O–H groups in total. The van der Waals surface area contributed by atoms with Crippen molar-refractivity contribution in [3.05, 3.63) is 47.3 Å². The van der Waals surface area contributed by atoms with Gasteiger partial charge in [0, 0.05) is 30.6 Å². The number of benzene rings is 1. The van der Waals surface area contributed by atoms with Crippen LogP contribution in [0.15, 0.2) is 34.9 Å². The molecule has 0 radical (unpaired) electrons. The molecular weight excluding hydrogens is 276 g/mol. The van der Waals surface area contributed by atoms with E-state index in [4.69, 9.17) is 9.26 Å². The van der Waals surface area contributed by atoms with E-state index in [1.54, 1.807) is 7.11 Å². The summed E-state index contributed by atoms with van der Waals surface area (Å²) in [7, 11) is 1.73. The highest BCUT2D eigenvalue weighted by molar-refractivity contribution is 5.33. The number of rotatable bonds is 6. The van der Waals surface area contributed by atoms with Crippen LogP contribution in [-0.2, 0) is 13.0 Å². The van der Waals surface area contributed by atoms with Gasteiger partial charge in [-0.05, 0) is 31.7 Å². The second-order valence-electron chi connectivity index (χ2n) is 6.13. The van der Waals surface area contributed by atoms with Crippen molar-refractivity contribution in [3.63, 3.8) is 0 Å². The van der Waals surface area contributed by atoms with Crippen LogP contribution in [0.1, 0.15) is 36.3 Å². The molecule has 1 saturated carbocycles. The molecule has 1 aliphatic rings. The Morgan fingerprint density at radius 2 is 2.18 bits per heavy atom. The first-order chi connectivity index (χ1) is 10.8. The van der Waals surface area contributed by atoms with E-state index < -0.39 is 0 Å². The van der Waals surface area contributed by atoms with E-state index in [0.717, 1.165) is 30.2 Å². The maximum absolute atomic E-state index is 5.42. The number of hydrogen-bond acceptors (Lipinski definition) is 4. The number of para-hydroxylation sites is 1. The molecule has 1 aromatic carbocycles. The van der Waals surface area contributed by atoms with E-state index in [9.17, 15) is 0 Å². The quantitative estimate of drug-likeness (QED) is 0.887. The van der Waals surface area contributed by atoms with Crippen LogP contribution in [0.4, 0.5) is 0 Å². The summed E-state index contributed by atoms with van der Waals surface area (Å²) in [4.78, 5) is 0. The van der Waals surface area contributed by atoms with Gasteiger partial charge < -0.3 is 14.6 Å². The molecule has 118 valence electrons. The van der Waals surface area contributed by atoms with Gasteiger partial charge >= 0.3 is 0 Å². The lowest BCUT2D eigenvalue weighted by molar-refractivity contribution is 0.328. The van der Waals surface area contributed by atoms with Gasteiger partial charge in [0.2, 0.25) is 0 Å². The molecule has 0 bridgehead atoms. The van der Waals surface area contributed by atoms with Crippen LogP contribution in [-0.4, -0.2) is 18.3 Å². The van der Waals surface area contributed by atoms with Crippen LogP contribution < -0.4 is 10.1 Å². The molecular formula is C18H24N2O2. The van der Waals surface area contributed by atoms with Crippen LogP contribution in [0, 0.1) is 12.8 Å². The maximum Gasteiger partial charge on any atom is 0.137 e. The van der Waals surface area contributed by atoms with Crippen molar-refractivity contribution in [2.45, 2.75) is 45.2 Å². The van der Waals surface area contributed by atoms with Gasteiger partial charge in [0.15, 0.2) is 0 Å². The van der Waals surface area contributed by atoms with Gasteiger partial charge in [0.25, 0.3) is 0 Å². The van der Waals surface area contributed by atoms with E-state index in [-0.39, 0.29) is 0 Å². The van der Waals surface area contributed by atoms with Crippen LogP contribution in [0.25, 0.3) is 0 Å². The minimum absolute atomic E-state index is 0.537. The van der Waals surface area contributed by atoms with Crippen molar-refractivity contribution in [1.29, 1.82) is 0 Å². The van der Waals surface area contributed by atoms with Crippen molar-refractivity contribution in [3.8, 4) is 5.75 Å². The number of methoxy groups -OCH3 is 1. The Hall–Kier alpha value is -1.81. The summed E-state index contributed by atoms with van der Waals surface area (Å²) in [5, 5.41) is 7.70. The predicted octanol–water partition coefficient (Wildman–Crippen LogP) is 3.49. The van der Waals surface area contributed by atoms with Gasteiger partial charge in [-0.2, -0.15) is 0 Å². The third-order valence-corrected chi connectivity index (χ3v) is 4.55. The van der Waals surface area contributed by atoms with Gasteiger partial charge in [-0.1, -0.05) is 29.8 Å². The van der Waals surface area contributed by atoms with Gasteiger partial charge in [-0.15, -0.1) is 0 Å². The average molecular weight is 300 g/mol. The summed E-state index contributed by atoms with van der Waals surface area (Å²) in [6.07, 6.45) is 4.74. The van der Waals surface area contributed by atoms with Gasteiger partial charge in [-0.3, -0.25) is 0 Å². The lowest BCUT2D eigenvalue weighted by Crippen LogP contribution is -2.33. The summed E-state index contributed by atoms with van der Waals surface area (Å²) in [6.45, 7) is 2.82. The lowest BCUT2D eigenvalue weighted by atomic mass is 9.97. The average Bonchev–Trinajstić information content (AvgIpc) is 3.15. The van der Waals surface area contributed by atoms with E-state index in [1.165, 1.54) is 24.8 Å². The van der Waals surface area contributed by atoms with Gasteiger partial charge in [0.1, 0.15) is 11.5 Å². The first-order valence-corrected chi connectivity index (χ1v) is 8.03. The van der Waals surface area contributed by atoms with Crippen molar-refractivity contribution in [2.24, 2.45) is 5.92 Å². The van der Waals surface area contributed by atoms with Crippen LogP contribution in [0.2, 0.25) is 0 Å². The minimum atomic E-state index is 0.537. The molecule has 1 fully saturated rings. The third kappa shape index (κ3) is 3.50. The molecule has 2 aromatic rings. The Kier molecular flexibility index (Phi) is 4.78. The van der Waals surface area contributed by atoms with Crippen molar-refractivity contribution >= 4 is 0 Å². The standard InChI is InChI=1S/C18H24N2O2/c1-13-10-16(22-20-13)11-14-7-5-8-17(14)19-12-15-6-3-4-9-18(15)21-2/h3-4,6,9-10,14,17,19H,5,7-8,11-12H2,1-2H3/t14-,17+/m0/s1. The van der Waals surface area contributed by atoms with E-state index >= 15 is 0 Å². The van der Waals surface area contributed by atoms with Crippen molar-refractivity contribution in [1.82, 2.24) is 10.5 Å². The molecule has 4 heteroatoms. The molecule has 4 nitrogen and oxygen atoms in total. The zero-order valence-corrected chi connectivity index (χ0v) is 13.3. The highest BCUT2D eigenvalue weighted by Crippen LogP contribution is 2.29. The normalized spacial score (nSPS) is 21.2. The number of nitrogens with one attached hydrogen (secondary N) is 1. The molecule has 1 aliphatic carbocycles. The Labute approximate surface area is 131 Å². The fraction of sp³-hybridized carbons (Fsp3) is 0.500. The van der Waals surface area contributed by atoms with E-state index in [2.05, 4.69) is 28.7 Å². The van der Waals surface area contributed by atoms with Crippen LogP contribution >= 0.6 is 0 Å². The summed E-state index contributed by atoms with van der Waals surface area (Å²) < 4.78 is 10.8. The number of hydrogen-bond donors (Lipinski definition) is 1. The summed E-state index contributed by atoms with van der Waals surface area (Å²) in [5.74, 6) is 2.59. The zero-order valence-electron chi connectivity index (χ0n) is 13.3. The van der Waals surface area contributed by atoms with Crippen molar-refractivity contribution in [2.75, 3.05) is 7.11 Å². The first kappa shape index (κ1) is 15.1. The van der Waals surface area contributed by atoms with E-state index in [1.807, 2.05) is 19.1 Å². The predicted molar refractivity (Wildman–Crippen MR) is 85.9 cm³/mol. The topological polar surface area (TPSA) is 47.3 Å². The molecule has 1 aromatic heterocycles. The summed E-state index contributed by atoms with van der Waals surface area (Å²) >= 11 is 0. The SMILES string of the molecule is COc1ccccc1CN[C@@H]1CCC[C@H]1Cc1cc(C)no1. The Bertz CT molecular complexity index is 609. The fourth-order valence-electron chi connectivity index (χ4n) is 3.41.